The summed E-state index contributed by atoms with van der Waals surface area (Å²) >= 11 is 0. The lowest BCUT2D eigenvalue weighted by molar-refractivity contribution is -0.660. The minimum absolute atomic E-state index is 0.667. The minimum Gasteiger partial charge on any atom is -0.201 e. The Morgan fingerprint density at radius 1 is 0.913 bits per heavy atom. The highest BCUT2D eigenvalue weighted by molar-refractivity contribution is 5.66. The fraction of sp³-hybridized carbons (Fsp3) is 0.500. The zero-order valence-corrected chi connectivity index (χ0v) is 15.9. The summed E-state index contributed by atoms with van der Waals surface area (Å²) in [6.07, 6.45) is 4.57. The van der Waals surface area contributed by atoms with Crippen LogP contribution in [0.1, 0.15) is 49.9 Å². The molecular formula is C22H32N+. The number of aryl methyl sites for hydroxylation is 3. The van der Waals surface area contributed by atoms with E-state index in [1.165, 1.54) is 33.5 Å². The van der Waals surface area contributed by atoms with Crippen molar-refractivity contribution in [1.29, 1.82) is 0 Å². The zero-order chi connectivity index (χ0) is 17.1. The van der Waals surface area contributed by atoms with E-state index in [0.717, 1.165) is 12.8 Å². The summed E-state index contributed by atoms with van der Waals surface area (Å²) in [6, 6.07) is 9.28. The lowest BCUT2D eigenvalue weighted by Crippen LogP contribution is -2.32. The van der Waals surface area contributed by atoms with Crippen molar-refractivity contribution < 1.29 is 4.57 Å². The maximum Gasteiger partial charge on any atom is 0.212 e. The first-order valence-corrected chi connectivity index (χ1v) is 8.87. The summed E-state index contributed by atoms with van der Waals surface area (Å²) in [5, 5.41) is 0. The van der Waals surface area contributed by atoms with E-state index in [1.807, 2.05) is 0 Å². The van der Waals surface area contributed by atoms with Crippen LogP contribution in [-0.4, -0.2) is 0 Å². The van der Waals surface area contributed by atoms with Gasteiger partial charge in [-0.3, -0.25) is 0 Å². The van der Waals surface area contributed by atoms with Gasteiger partial charge in [-0.25, -0.2) is 4.57 Å². The molecule has 0 aliphatic carbocycles. The number of nitrogens with zero attached hydrogens (tertiary/aromatic N) is 1. The fourth-order valence-corrected chi connectivity index (χ4v) is 3.54. The van der Waals surface area contributed by atoms with Gasteiger partial charge >= 0.3 is 0 Å². The van der Waals surface area contributed by atoms with Gasteiger partial charge in [-0.05, 0) is 55.7 Å². The van der Waals surface area contributed by atoms with Crippen LogP contribution in [0.3, 0.4) is 0 Å². The largest absolute Gasteiger partial charge is 0.212 e. The van der Waals surface area contributed by atoms with Crippen molar-refractivity contribution in [2.45, 2.75) is 54.4 Å². The van der Waals surface area contributed by atoms with Gasteiger partial charge in [0.2, 0.25) is 5.69 Å². The molecule has 23 heavy (non-hydrogen) atoms. The number of benzene rings is 1. The Morgan fingerprint density at radius 3 is 2.13 bits per heavy atom. The number of pyridine rings is 1. The van der Waals surface area contributed by atoms with E-state index < -0.39 is 0 Å². The SMILES string of the molecule is Cc1cc(C)c(-c2ccc(CC(C)C)c[n+]2C)c(CC(C)C)c1. The van der Waals surface area contributed by atoms with Gasteiger partial charge in [0.05, 0.1) is 5.56 Å². The molecule has 0 aliphatic rings. The number of hydrogen-bond donors (Lipinski definition) is 0. The van der Waals surface area contributed by atoms with Gasteiger partial charge in [0.25, 0.3) is 0 Å². The predicted molar refractivity (Wildman–Crippen MR) is 99.6 cm³/mol. The van der Waals surface area contributed by atoms with Crippen LogP contribution in [-0.2, 0) is 19.9 Å². The van der Waals surface area contributed by atoms with Crippen LogP contribution in [0.5, 0.6) is 0 Å². The van der Waals surface area contributed by atoms with Crippen molar-refractivity contribution in [1.82, 2.24) is 0 Å². The minimum atomic E-state index is 0.667. The van der Waals surface area contributed by atoms with Gasteiger partial charge in [-0.1, -0.05) is 45.4 Å². The third-order valence-corrected chi connectivity index (χ3v) is 4.28. The summed E-state index contributed by atoms with van der Waals surface area (Å²) < 4.78 is 2.30. The Morgan fingerprint density at radius 2 is 1.57 bits per heavy atom. The summed E-state index contributed by atoms with van der Waals surface area (Å²) in [4.78, 5) is 0. The van der Waals surface area contributed by atoms with Gasteiger partial charge < -0.3 is 0 Å². The van der Waals surface area contributed by atoms with Gasteiger partial charge in [0.15, 0.2) is 6.20 Å². The van der Waals surface area contributed by atoms with E-state index in [2.05, 4.69) is 83.6 Å². The average Bonchev–Trinajstić information content (AvgIpc) is 2.38. The first-order chi connectivity index (χ1) is 10.8. The first-order valence-electron chi connectivity index (χ1n) is 8.87. The molecule has 0 aliphatic heterocycles. The molecule has 124 valence electrons. The lowest BCUT2D eigenvalue weighted by Gasteiger charge is -2.15. The smallest absolute Gasteiger partial charge is 0.201 e. The number of hydrogen-bond acceptors (Lipinski definition) is 0. The third kappa shape index (κ3) is 4.43. The van der Waals surface area contributed by atoms with E-state index in [1.54, 1.807) is 0 Å². The first kappa shape index (κ1) is 17.7. The summed E-state index contributed by atoms with van der Waals surface area (Å²) in [7, 11) is 2.18. The molecule has 0 saturated heterocycles. The number of aromatic nitrogens is 1. The Balaban J connectivity index is 2.53. The lowest BCUT2D eigenvalue weighted by atomic mass is 9.90. The van der Waals surface area contributed by atoms with E-state index in [9.17, 15) is 0 Å². The summed E-state index contributed by atoms with van der Waals surface area (Å²) in [5.74, 6) is 1.36. The van der Waals surface area contributed by atoms with Gasteiger partial charge in [0, 0.05) is 11.6 Å². The van der Waals surface area contributed by atoms with Crippen molar-refractivity contribution >= 4 is 0 Å². The standard InChI is InChI=1S/C22H32N/c1-15(2)10-19-8-9-21(23(7)14-19)22-18(6)12-17(5)13-20(22)11-16(3)4/h8-9,12-16H,10-11H2,1-7H3/q+1. The molecule has 1 aromatic carbocycles. The van der Waals surface area contributed by atoms with Crippen LogP contribution in [0, 0.1) is 25.7 Å². The Labute approximate surface area is 142 Å². The van der Waals surface area contributed by atoms with Crippen molar-refractivity contribution in [3.63, 3.8) is 0 Å². The maximum absolute atomic E-state index is 2.37. The second-order valence-electron chi connectivity index (χ2n) is 7.85. The molecule has 2 aromatic rings. The molecule has 0 amide bonds. The van der Waals surface area contributed by atoms with Gasteiger partial charge in [0.1, 0.15) is 7.05 Å². The molecule has 0 N–H and O–H groups in total. The molecule has 2 rings (SSSR count). The second-order valence-corrected chi connectivity index (χ2v) is 7.85. The van der Waals surface area contributed by atoms with Crippen LogP contribution in [0.15, 0.2) is 30.5 Å². The molecule has 0 radical (unpaired) electrons. The Kier molecular flexibility index (Phi) is 5.62. The molecule has 0 bridgehead atoms. The fourth-order valence-electron chi connectivity index (χ4n) is 3.54. The van der Waals surface area contributed by atoms with E-state index >= 15 is 0 Å². The molecule has 0 atom stereocenters. The van der Waals surface area contributed by atoms with Crippen molar-refractivity contribution in [3.8, 4) is 11.3 Å². The molecule has 0 fully saturated rings. The summed E-state index contributed by atoms with van der Waals surface area (Å²) in [6.45, 7) is 13.6. The average molecular weight is 311 g/mol. The van der Waals surface area contributed by atoms with E-state index in [-0.39, 0.29) is 0 Å². The Hall–Kier alpha value is -1.63. The highest BCUT2D eigenvalue weighted by Gasteiger charge is 2.18. The van der Waals surface area contributed by atoms with Crippen molar-refractivity contribution in [2.24, 2.45) is 18.9 Å². The van der Waals surface area contributed by atoms with Crippen LogP contribution in [0.25, 0.3) is 11.3 Å². The predicted octanol–water partition coefficient (Wildman–Crippen LogP) is 5.19. The molecule has 1 aromatic heterocycles. The molecule has 0 spiro atoms. The van der Waals surface area contributed by atoms with Gasteiger partial charge in [-0.2, -0.15) is 0 Å². The second kappa shape index (κ2) is 7.29. The Bertz CT molecular complexity index is 681. The molecule has 0 unspecified atom stereocenters. The van der Waals surface area contributed by atoms with Crippen molar-refractivity contribution in [3.05, 3.63) is 52.7 Å². The van der Waals surface area contributed by atoms with Crippen LogP contribution >= 0.6 is 0 Å². The monoisotopic (exact) mass is 310 g/mol. The summed E-state index contributed by atoms with van der Waals surface area (Å²) in [5.41, 5.74) is 8.38. The maximum atomic E-state index is 2.37. The van der Waals surface area contributed by atoms with Crippen molar-refractivity contribution in [2.75, 3.05) is 0 Å². The highest BCUT2D eigenvalue weighted by atomic mass is 14.9. The van der Waals surface area contributed by atoms with Crippen LogP contribution in [0.4, 0.5) is 0 Å². The molecule has 1 heterocycles. The molecule has 1 nitrogen and oxygen atoms in total. The number of rotatable bonds is 5. The normalized spacial score (nSPS) is 11.5. The van der Waals surface area contributed by atoms with Crippen LogP contribution < -0.4 is 4.57 Å². The third-order valence-electron chi connectivity index (χ3n) is 4.28. The van der Waals surface area contributed by atoms with Gasteiger partial charge in [-0.15, -0.1) is 0 Å². The topological polar surface area (TPSA) is 3.88 Å². The van der Waals surface area contributed by atoms with E-state index in [0.29, 0.717) is 11.8 Å². The molecule has 1 heteroatoms. The van der Waals surface area contributed by atoms with E-state index in [4.69, 9.17) is 0 Å². The quantitative estimate of drug-likeness (QED) is 0.669. The highest BCUT2D eigenvalue weighted by Crippen LogP contribution is 2.28. The molecule has 0 saturated carbocycles. The molecular weight excluding hydrogens is 278 g/mol. The zero-order valence-electron chi connectivity index (χ0n) is 15.9. The van der Waals surface area contributed by atoms with Crippen LogP contribution in [0.2, 0.25) is 0 Å².